The van der Waals surface area contributed by atoms with Gasteiger partial charge in [-0.1, -0.05) is 11.3 Å². The number of nitrogens with one attached hydrogen (secondary N) is 1. The summed E-state index contributed by atoms with van der Waals surface area (Å²) in [7, 11) is 0. The predicted molar refractivity (Wildman–Crippen MR) is 85.2 cm³/mol. The average molecular weight is 388 g/mol. The van der Waals surface area contributed by atoms with Crippen LogP contribution in [0.5, 0.6) is 0 Å². The highest BCUT2D eigenvalue weighted by molar-refractivity contribution is 14.1. The molecule has 0 amide bonds. The molecule has 0 saturated carbocycles. The molecular formula is C13H13IN2O2S. The molecule has 0 unspecified atom stereocenters. The van der Waals surface area contributed by atoms with Crippen LogP contribution < -0.4 is 5.32 Å². The fourth-order valence-corrected chi connectivity index (χ4v) is 2.73. The van der Waals surface area contributed by atoms with Gasteiger partial charge < -0.3 is 10.1 Å². The molecule has 0 saturated heterocycles. The molecule has 0 atom stereocenters. The van der Waals surface area contributed by atoms with Crippen molar-refractivity contribution in [2.45, 2.75) is 13.8 Å². The Morgan fingerprint density at radius 2 is 2.11 bits per heavy atom. The minimum atomic E-state index is -0.312. The van der Waals surface area contributed by atoms with Gasteiger partial charge in [-0.05, 0) is 60.7 Å². The van der Waals surface area contributed by atoms with E-state index in [9.17, 15) is 4.79 Å². The van der Waals surface area contributed by atoms with Crippen molar-refractivity contribution in [3.8, 4) is 0 Å². The molecule has 0 aliphatic rings. The number of hydrogen-bond donors (Lipinski definition) is 1. The van der Waals surface area contributed by atoms with E-state index in [4.69, 9.17) is 4.74 Å². The molecule has 0 aliphatic heterocycles. The van der Waals surface area contributed by atoms with Crippen molar-refractivity contribution in [3.05, 3.63) is 38.4 Å². The molecule has 100 valence electrons. The second kappa shape index (κ2) is 6.33. The van der Waals surface area contributed by atoms with Crippen LogP contribution in [-0.4, -0.2) is 17.6 Å². The molecule has 1 aromatic carbocycles. The van der Waals surface area contributed by atoms with Crippen molar-refractivity contribution < 1.29 is 9.53 Å². The number of nitrogens with zero attached hydrogens (tertiary/aromatic N) is 1. The third-order valence-electron chi connectivity index (χ3n) is 2.35. The van der Waals surface area contributed by atoms with Crippen LogP contribution >= 0.6 is 33.9 Å². The Bertz CT molecular complexity index is 581. The number of hydrogen-bond acceptors (Lipinski definition) is 5. The molecule has 1 aromatic heterocycles. The first kappa shape index (κ1) is 14.3. The van der Waals surface area contributed by atoms with Crippen molar-refractivity contribution in [3.63, 3.8) is 0 Å². The third-order valence-corrected chi connectivity index (χ3v) is 4.12. The lowest BCUT2D eigenvalue weighted by molar-refractivity contribution is 0.0531. The molecule has 1 N–H and O–H groups in total. The summed E-state index contributed by atoms with van der Waals surface area (Å²) in [5.74, 6) is -0.312. The molecule has 1 heterocycles. The van der Waals surface area contributed by atoms with Crippen molar-refractivity contribution in [2.75, 3.05) is 11.9 Å². The first-order valence-corrected chi connectivity index (χ1v) is 7.67. The van der Waals surface area contributed by atoms with Crippen LogP contribution in [0.4, 0.5) is 10.8 Å². The molecule has 0 spiro atoms. The number of carbonyl (C=O) groups excluding carboxylic acids is 1. The van der Waals surface area contributed by atoms with Gasteiger partial charge in [0.05, 0.1) is 12.3 Å². The van der Waals surface area contributed by atoms with Crippen LogP contribution in [-0.2, 0) is 4.74 Å². The summed E-state index contributed by atoms with van der Waals surface area (Å²) < 4.78 is 6.16. The largest absolute Gasteiger partial charge is 0.462 e. The van der Waals surface area contributed by atoms with Crippen LogP contribution in [0, 0.1) is 10.5 Å². The summed E-state index contributed by atoms with van der Waals surface area (Å²) in [5.41, 5.74) is 1.64. The molecule has 0 bridgehead atoms. The number of rotatable bonds is 4. The van der Waals surface area contributed by atoms with Crippen LogP contribution in [0.3, 0.4) is 0 Å². The summed E-state index contributed by atoms with van der Waals surface area (Å²) in [6.07, 6.45) is 0. The Kier molecular flexibility index (Phi) is 4.76. The van der Waals surface area contributed by atoms with E-state index < -0.39 is 0 Å². The highest BCUT2D eigenvalue weighted by Gasteiger charge is 2.16. The first-order valence-electron chi connectivity index (χ1n) is 5.77. The number of carbonyl (C=O) groups is 1. The van der Waals surface area contributed by atoms with E-state index >= 15 is 0 Å². The fourth-order valence-electron chi connectivity index (χ4n) is 1.49. The zero-order valence-corrected chi connectivity index (χ0v) is 13.5. The SMILES string of the molecule is CCOC(=O)c1sc(Nc2ccc(I)cc2)nc1C. The molecular weight excluding hydrogens is 375 g/mol. The number of aromatic nitrogens is 1. The molecule has 2 aromatic rings. The van der Waals surface area contributed by atoms with Gasteiger partial charge >= 0.3 is 5.97 Å². The van der Waals surface area contributed by atoms with E-state index in [1.165, 1.54) is 14.9 Å². The average Bonchev–Trinajstić information content (AvgIpc) is 2.74. The molecule has 0 radical (unpaired) electrons. The van der Waals surface area contributed by atoms with Crippen molar-refractivity contribution in [1.29, 1.82) is 0 Å². The number of thiazole rings is 1. The number of ether oxygens (including phenoxy) is 1. The molecule has 4 nitrogen and oxygen atoms in total. The summed E-state index contributed by atoms with van der Waals surface area (Å²) in [6.45, 7) is 3.97. The lowest BCUT2D eigenvalue weighted by Gasteiger charge is -2.01. The van der Waals surface area contributed by atoms with Gasteiger partial charge in [-0.2, -0.15) is 0 Å². The van der Waals surface area contributed by atoms with E-state index in [-0.39, 0.29) is 5.97 Å². The van der Waals surface area contributed by atoms with Gasteiger partial charge in [-0.15, -0.1) is 0 Å². The Morgan fingerprint density at radius 3 is 2.74 bits per heavy atom. The minimum Gasteiger partial charge on any atom is -0.462 e. The van der Waals surface area contributed by atoms with Crippen LogP contribution in [0.15, 0.2) is 24.3 Å². The van der Waals surface area contributed by atoms with Crippen molar-refractivity contribution in [2.24, 2.45) is 0 Å². The number of benzene rings is 1. The quantitative estimate of drug-likeness (QED) is 0.636. The Balaban J connectivity index is 2.16. The highest BCUT2D eigenvalue weighted by atomic mass is 127. The van der Waals surface area contributed by atoms with Gasteiger partial charge in [0.2, 0.25) is 0 Å². The van der Waals surface area contributed by atoms with Crippen molar-refractivity contribution >= 4 is 50.7 Å². The molecule has 2 rings (SSSR count). The summed E-state index contributed by atoms with van der Waals surface area (Å²) in [5, 5.41) is 3.88. The summed E-state index contributed by atoms with van der Waals surface area (Å²) >= 11 is 3.56. The standard InChI is InChI=1S/C13H13IN2O2S/c1-3-18-12(17)11-8(2)15-13(19-11)16-10-6-4-9(14)5-7-10/h4-7H,3H2,1-2H3,(H,15,16). The van der Waals surface area contributed by atoms with Gasteiger partial charge in [-0.3, -0.25) is 0 Å². The molecule has 6 heteroatoms. The molecule has 0 aliphatic carbocycles. The zero-order chi connectivity index (χ0) is 13.8. The highest BCUT2D eigenvalue weighted by Crippen LogP contribution is 2.26. The van der Waals surface area contributed by atoms with Gasteiger partial charge in [-0.25, -0.2) is 9.78 Å². The third kappa shape index (κ3) is 3.66. The number of aryl methyl sites for hydroxylation is 1. The lowest BCUT2D eigenvalue weighted by atomic mass is 10.3. The second-order valence-electron chi connectivity index (χ2n) is 3.79. The topological polar surface area (TPSA) is 51.2 Å². The molecule has 0 fully saturated rings. The van der Waals surface area contributed by atoms with Crippen LogP contribution in [0.25, 0.3) is 0 Å². The maximum Gasteiger partial charge on any atom is 0.350 e. The Morgan fingerprint density at radius 1 is 1.42 bits per heavy atom. The van der Waals surface area contributed by atoms with Gasteiger partial charge in [0, 0.05) is 9.26 Å². The minimum absolute atomic E-state index is 0.312. The Labute approximate surface area is 129 Å². The van der Waals surface area contributed by atoms with Gasteiger partial charge in [0.25, 0.3) is 0 Å². The van der Waals surface area contributed by atoms with E-state index in [1.54, 1.807) is 6.92 Å². The lowest BCUT2D eigenvalue weighted by Crippen LogP contribution is -2.03. The summed E-state index contributed by atoms with van der Waals surface area (Å²) in [6, 6.07) is 7.97. The van der Waals surface area contributed by atoms with Crippen molar-refractivity contribution in [1.82, 2.24) is 4.98 Å². The maximum atomic E-state index is 11.7. The predicted octanol–water partition coefficient (Wildman–Crippen LogP) is 3.98. The van der Waals surface area contributed by atoms with Crippen LogP contribution in [0.2, 0.25) is 0 Å². The Hall–Kier alpha value is -1.15. The van der Waals surface area contributed by atoms with E-state index in [0.717, 1.165) is 5.69 Å². The van der Waals surface area contributed by atoms with E-state index in [0.29, 0.717) is 22.3 Å². The monoisotopic (exact) mass is 388 g/mol. The van der Waals surface area contributed by atoms with Gasteiger partial charge in [0.15, 0.2) is 5.13 Å². The maximum absolute atomic E-state index is 11.7. The smallest absolute Gasteiger partial charge is 0.350 e. The number of anilines is 2. The normalized spacial score (nSPS) is 10.3. The van der Waals surface area contributed by atoms with Gasteiger partial charge in [0.1, 0.15) is 4.88 Å². The van der Waals surface area contributed by atoms with E-state index in [2.05, 4.69) is 32.9 Å². The second-order valence-corrected chi connectivity index (χ2v) is 6.03. The fraction of sp³-hybridized carbons (Fsp3) is 0.231. The zero-order valence-electron chi connectivity index (χ0n) is 10.6. The number of halogens is 1. The number of esters is 1. The summed E-state index contributed by atoms with van der Waals surface area (Å²) in [4.78, 5) is 16.6. The first-order chi connectivity index (χ1) is 9.10. The van der Waals surface area contributed by atoms with Crippen LogP contribution in [0.1, 0.15) is 22.3 Å². The van der Waals surface area contributed by atoms with E-state index in [1.807, 2.05) is 31.2 Å². The molecule has 19 heavy (non-hydrogen) atoms.